The van der Waals surface area contributed by atoms with Gasteiger partial charge in [0, 0.05) is 0 Å². The molecule has 0 fully saturated rings. The summed E-state index contributed by atoms with van der Waals surface area (Å²) in [6, 6.07) is 0. The van der Waals surface area contributed by atoms with Crippen molar-refractivity contribution in [3.05, 3.63) is 0 Å². The van der Waals surface area contributed by atoms with Gasteiger partial charge >= 0.3 is 324 Å². The predicted molar refractivity (Wildman–Crippen MR) is 57.2 cm³/mol. The van der Waals surface area contributed by atoms with Gasteiger partial charge in [-0.25, -0.2) is 0 Å². The standard InChI is InChI=1S/4K.4Na.8H. The average molecular weight is 256 g/mol. The molecular weight excluding hydrogens is 248 g/mol. The van der Waals surface area contributed by atoms with E-state index < -0.39 is 0 Å². The van der Waals surface area contributed by atoms with Crippen molar-refractivity contribution in [2.45, 2.75) is 0 Å². The van der Waals surface area contributed by atoms with Crippen molar-refractivity contribution >= 4 is 324 Å². The number of hydrogen-bond donors (Lipinski definition) is 0. The fraction of sp³-hybridized carbons (Fsp3) is 0. The second-order valence-electron chi connectivity index (χ2n) is 0. The summed E-state index contributed by atoms with van der Waals surface area (Å²) in [6.45, 7) is 0. The summed E-state index contributed by atoms with van der Waals surface area (Å²) in [4.78, 5) is 0. The molecule has 0 N–H and O–H groups in total. The zero-order valence-corrected chi connectivity index (χ0v) is 0. The minimum atomic E-state index is 0. The molecule has 0 unspecified atom stereocenters. The first kappa shape index (κ1) is 51.3. The van der Waals surface area contributed by atoms with E-state index >= 15 is 0 Å². The summed E-state index contributed by atoms with van der Waals surface area (Å²) in [7, 11) is 0. The van der Waals surface area contributed by atoms with Crippen LogP contribution in [0.5, 0.6) is 0 Å². The fourth-order valence-corrected chi connectivity index (χ4v) is 0. The zero-order valence-electron chi connectivity index (χ0n) is 0. The second-order valence-corrected chi connectivity index (χ2v) is 0. The maximum absolute atomic E-state index is 0. The first-order valence-electron chi connectivity index (χ1n) is 0. The van der Waals surface area contributed by atoms with Crippen molar-refractivity contribution in [3.63, 3.8) is 0 Å². The maximum atomic E-state index is 0. The molecule has 0 aliphatic carbocycles. The normalized spacial score (nSPS) is 0. The molecule has 0 aliphatic rings. The van der Waals surface area contributed by atoms with Gasteiger partial charge in [0.2, 0.25) is 0 Å². The van der Waals surface area contributed by atoms with Gasteiger partial charge in [-0.15, -0.1) is 0 Å². The van der Waals surface area contributed by atoms with E-state index in [0.717, 1.165) is 0 Å². The van der Waals surface area contributed by atoms with Crippen LogP contribution in [0.2, 0.25) is 0 Å². The number of hydrogen-bond acceptors (Lipinski definition) is 0. The topological polar surface area (TPSA) is 0 Å². The Bertz CT molecular complexity index is 8.00. The van der Waals surface area contributed by atoms with E-state index in [2.05, 4.69) is 0 Å². The molecule has 0 atom stereocenters. The fourth-order valence-electron chi connectivity index (χ4n) is 0. The molecule has 0 radical (unpaired) electrons. The Morgan fingerprint density at radius 2 is 0.250 bits per heavy atom. The first-order chi connectivity index (χ1) is 0. The SMILES string of the molecule is [KH].[KH].[KH].[KH].[NaH].[NaH].[NaH].[NaH]. The molecule has 0 saturated heterocycles. The Morgan fingerprint density at radius 1 is 0.250 bits per heavy atom. The van der Waals surface area contributed by atoms with Crippen molar-refractivity contribution in [1.82, 2.24) is 0 Å². The second kappa shape index (κ2) is 43.2. The van der Waals surface area contributed by atoms with Crippen LogP contribution in [0.1, 0.15) is 0 Å². The minimum absolute atomic E-state index is 0. The molecule has 0 heterocycles. The van der Waals surface area contributed by atoms with Crippen LogP contribution in [-0.4, -0.2) is 324 Å². The third-order valence-corrected chi connectivity index (χ3v) is 0. The Balaban J connectivity index is 0. The number of rotatable bonds is 0. The summed E-state index contributed by atoms with van der Waals surface area (Å²) >= 11 is 0. The molecule has 0 saturated carbocycles. The van der Waals surface area contributed by atoms with E-state index in [1.165, 1.54) is 0 Å². The molecule has 0 bridgehead atoms. The van der Waals surface area contributed by atoms with Gasteiger partial charge < -0.3 is 0 Å². The van der Waals surface area contributed by atoms with Crippen LogP contribution in [-0.2, 0) is 0 Å². The van der Waals surface area contributed by atoms with E-state index in [-0.39, 0.29) is 324 Å². The van der Waals surface area contributed by atoms with Crippen LogP contribution < -0.4 is 0 Å². The molecule has 0 aromatic heterocycles. The third kappa shape index (κ3) is 36.0. The molecule has 0 spiro atoms. The van der Waals surface area contributed by atoms with E-state index in [1.54, 1.807) is 0 Å². The van der Waals surface area contributed by atoms with Crippen molar-refractivity contribution in [3.8, 4) is 0 Å². The summed E-state index contributed by atoms with van der Waals surface area (Å²) in [5.74, 6) is 0. The van der Waals surface area contributed by atoms with Gasteiger partial charge in [0.25, 0.3) is 0 Å². The average Bonchev–Trinajstić information content (AvgIpc) is 0. The van der Waals surface area contributed by atoms with Crippen molar-refractivity contribution in [1.29, 1.82) is 0 Å². The van der Waals surface area contributed by atoms with E-state index in [4.69, 9.17) is 0 Å². The third-order valence-electron chi connectivity index (χ3n) is 0. The first-order valence-corrected chi connectivity index (χ1v) is 0. The van der Waals surface area contributed by atoms with Crippen LogP contribution in [0.3, 0.4) is 0 Å². The molecule has 0 nitrogen and oxygen atoms in total. The van der Waals surface area contributed by atoms with Crippen LogP contribution in [0.15, 0.2) is 0 Å². The molecule has 0 amide bonds. The van der Waals surface area contributed by atoms with Crippen LogP contribution in [0.25, 0.3) is 0 Å². The van der Waals surface area contributed by atoms with E-state index in [1.807, 2.05) is 0 Å². The molecule has 0 aromatic rings. The summed E-state index contributed by atoms with van der Waals surface area (Å²) in [5, 5.41) is 0. The molecule has 0 aromatic carbocycles. The zero-order chi connectivity index (χ0) is 0. The monoisotopic (exact) mass is 256 g/mol. The van der Waals surface area contributed by atoms with Gasteiger partial charge in [-0.05, 0) is 0 Å². The van der Waals surface area contributed by atoms with Crippen molar-refractivity contribution in [2.75, 3.05) is 0 Å². The van der Waals surface area contributed by atoms with Gasteiger partial charge in [0.05, 0.1) is 0 Å². The van der Waals surface area contributed by atoms with Crippen LogP contribution >= 0.6 is 0 Å². The van der Waals surface area contributed by atoms with Gasteiger partial charge in [-0.2, -0.15) is 0 Å². The van der Waals surface area contributed by atoms with E-state index in [0.29, 0.717) is 0 Å². The Hall–Kier alpha value is 10.5. The Labute approximate surface area is 311 Å². The predicted octanol–water partition coefficient (Wildman–Crippen LogP) is -5.19. The van der Waals surface area contributed by atoms with Crippen molar-refractivity contribution in [2.24, 2.45) is 0 Å². The molecule has 8 heavy (non-hydrogen) atoms. The quantitative estimate of drug-likeness (QED) is 0.380. The molecule has 16 valence electrons. The van der Waals surface area contributed by atoms with Crippen molar-refractivity contribution < 1.29 is 0 Å². The van der Waals surface area contributed by atoms with Gasteiger partial charge in [0.1, 0.15) is 0 Å². The van der Waals surface area contributed by atoms with Gasteiger partial charge in [-0.1, -0.05) is 0 Å². The summed E-state index contributed by atoms with van der Waals surface area (Å²) < 4.78 is 0. The summed E-state index contributed by atoms with van der Waals surface area (Å²) in [5.41, 5.74) is 0. The Kier molecular flexibility index (Phi) is 277. The molecule has 0 rings (SSSR count). The molecule has 8 heteroatoms. The summed E-state index contributed by atoms with van der Waals surface area (Å²) in [6.07, 6.45) is 0. The molecule has 0 aliphatic heterocycles. The van der Waals surface area contributed by atoms with Crippen LogP contribution in [0.4, 0.5) is 0 Å². The Morgan fingerprint density at radius 3 is 0.250 bits per heavy atom. The van der Waals surface area contributed by atoms with Gasteiger partial charge in [-0.3, -0.25) is 0 Å². The van der Waals surface area contributed by atoms with E-state index in [9.17, 15) is 0 Å². The van der Waals surface area contributed by atoms with Gasteiger partial charge in [0.15, 0.2) is 0 Å². The van der Waals surface area contributed by atoms with Crippen LogP contribution in [0, 0.1) is 0 Å². The molecular formula is H8K4Na4.